The molecule has 0 saturated carbocycles. The first-order chi connectivity index (χ1) is 10.3. The van der Waals surface area contributed by atoms with Crippen LogP contribution in [0.5, 0.6) is 5.75 Å². The second-order valence-corrected chi connectivity index (χ2v) is 5.07. The second-order valence-electron chi connectivity index (χ2n) is 5.07. The van der Waals surface area contributed by atoms with Crippen LogP contribution in [0.15, 0.2) is 34.9 Å². The number of halogens is 1. The number of ether oxygens (including phenoxy) is 2. The van der Waals surface area contributed by atoms with Crippen LogP contribution in [0.25, 0.3) is 0 Å². The van der Waals surface area contributed by atoms with Gasteiger partial charge >= 0.3 is 0 Å². The molecule has 1 aliphatic rings. The Morgan fingerprint density at radius 2 is 1.95 bits per heavy atom. The fraction of sp³-hybridized carbons (Fsp3) is 0.467. The molecule has 1 fully saturated rings. The van der Waals surface area contributed by atoms with Crippen LogP contribution < -0.4 is 10.1 Å². The van der Waals surface area contributed by atoms with E-state index in [2.05, 4.69) is 15.5 Å². The standard InChI is InChI=1S/C15H19N3O3.ClH/c1-19-15(7-9-16-10-8-15)14-17-13(18-21-14)11-20-12-5-3-2-4-6-12;/h2-6,16H,7-11H2,1H3;1H. The molecule has 1 saturated heterocycles. The highest BCUT2D eigenvalue weighted by atomic mass is 35.5. The fourth-order valence-electron chi connectivity index (χ4n) is 2.50. The highest BCUT2D eigenvalue weighted by Crippen LogP contribution is 2.32. The summed E-state index contributed by atoms with van der Waals surface area (Å²) < 4.78 is 16.7. The van der Waals surface area contributed by atoms with Gasteiger partial charge in [0.15, 0.2) is 6.61 Å². The number of hydrogen-bond acceptors (Lipinski definition) is 6. The van der Waals surface area contributed by atoms with Crippen molar-refractivity contribution < 1.29 is 14.0 Å². The van der Waals surface area contributed by atoms with Crippen LogP contribution in [0.3, 0.4) is 0 Å². The van der Waals surface area contributed by atoms with Gasteiger partial charge in [-0.1, -0.05) is 23.4 Å². The third-order valence-electron chi connectivity index (χ3n) is 3.77. The quantitative estimate of drug-likeness (QED) is 0.909. The smallest absolute Gasteiger partial charge is 0.259 e. The number of rotatable bonds is 5. The van der Waals surface area contributed by atoms with Crippen molar-refractivity contribution >= 4 is 12.4 Å². The van der Waals surface area contributed by atoms with Crippen molar-refractivity contribution in [3.05, 3.63) is 42.0 Å². The van der Waals surface area contributed by atoms with Crippen molar-refractivity contribution in [2.24, 2.45) is 0 Å². The molecule has 2 heterocycles. The maximum absolute atomic E-state index is 5.66. The molecular weight excluding hydrogens is 306 g/mol. The van der Waals surface area contributed by atoms with Gasteiger partial charge in [-0.05, 0) is 38.1 Å². The summed E-state index contributed by atoms with van der Waals surface area (Å²) in [4.78, 5) is 4.44. The van der Waals surface area contributed by atoms with Gasteiger partial charge in [-0.3, -0.25) is 0 Å². The van der Waals surface area contributed by atoms with E-state index in [1.165, 1.54) is 0 Å². The number of benzene rings is 1. The molecule has 0 unspecified atom stereocenters. The van der Waals surface area contributed by atoms with Gasteiger partial charge < -0.3 is 19.3 Å². The summed E-state index contributed by atoms with van der Waals surface area (Å²) in [6, 6.07) is 9.57. The number of piperidine rings is 1. The van der Waals surface area contributed by atoms with Gasteiger partial charge in [0, 0.05) is 7.11 Å². The molecule has 0 bridgehead atoms. The topological polar surface area (TPSA) is 69.4 Å². The lowest BCUT2D eigenvalue weighted by Crippen LogP contribution is -2.41. The average molecular weight is 326 g/mol. The lowest BCUT2D eigenvalue weighted by molar-refractivity contribution is -0.0622. The summed E-state index contributed by atoms with van der Waals surface area (Å²) >= 11 is 0. The van der Waals surface area contributed by atoms with E-state index >= 15 is 0 Å². The highest BCUT2D eigenvalue weighted by Gasteiger charge is 2.39. The largest absolute Gasteiger partial charge is 0.485 e. The van der Waals surface area contributed by atoms with Gasteiger partial charge in [-0.25, -0.2) is 0 Å². The van der Waals surface area contributed by atoms with Crippen molar-refractivity contribution in [2.45, 2.75) is 25.0 Å². The predicted octanol–water partition coefficient (Wildman–Crippen LogP) is 2.30. The molecule has 0 spiro atoms. The Morgan fingerprint density at radius 3 is 2.64 bits per heavy atom. The summed E-state index contributed by atoms with van der Waals surface area (Å²) in [7, 11) is 1.69. The van der Waals surface area contributed by atoms with Crippen LogP contribution in [-0.4, -0.2) is 30.3 Å². The Labute approximate surface area is 135 Å². The monoisotopic (exact) mass is 325 g/mol. The van der Waals surface area contributed by atoms with Gasteiger partial charge in [0.25, 0.3) is 5.89 Å². The first-order valence-corrected chi connectivity index (χ1v) is 7.09. The van der Waals surface area contributed by atoms with Gasteiger partial charge in [-0.2, -0.15) is 4.98 Å². The molecule has 0 amide bonds. The third kappa shape index (κ3) is 3.58. The van der Waals surface area contributed by atoms with Crippen LogP contribution in [-0.2, 0) is 16.9 Å². The lowest BCUT2D eigenvalue weighted by atomic mass is 9.92. The summed E-state index contributed by atoms with van der Waals surface area (Å²) in [6.45, 7) is 2.05. The summed E-state index contributed by atoms with van der Waals surface area (Å²) in [6.07, 6.45) is 1.65. The zero-order chi connectivity index (χ0) is 14.5. The maximum atomic E-state index is 5.66. The third-order valence-corrected chi connectivity index (χ3v) is 3.77. The molecule has 3 rings (SSSR count). The summed E-state index contributed by atoms with van der Waals surface area (Å²) in [5.74, 6) is 1.86. The van der Waals surface area contributed by atoms with Crippen LogP contribution in [0.4, 0.5) is 0 Å². The van der Waals surface area contributed by atoms with Crippen LogP contribution in [0, 0.1) is 0 Å². The molecular formula is C15H20ClN3O3. The van der Waals surface area contributed by atoms with E-state index in [1.807, 2.05) is 30.3 Å². The SMILES string of the molecule is COC1(c2nc(COc3ccccc3)no2)CCNCC1.Cl. The van der Waals surface area contributed by atoms with Crippen LogP contribution in [0.2, 0.25) is 0 Å². The minimum atomic E-state index is -0.469. The molecule has 0 aliphatic carbocycles. The lowest BCUT2D eigenvalue weighted by Gasteiger charge is -2.32. The Hall–Kier alpha value is -1.63. The summed E-state index contributed by atoms with van der Waals surface area (Å²) in [5, 5.41) is 7.29. The molecule has 1 aromatic heterocycles. The Kier molecular flexibility index (Phi) is 5.76. The van der Waals surface area contributed by atoms with E-state index in [0.29, 0.717) is 11.7 Å². The number of nitrogens with one attached hydrogen (secondary N) is 1. The number of methoxy groups -OCH3 is 1. The molecule has 0 atom stereocenters. The van der Waals surface area contributed by atoms with Gasteiger partial charge in [0.2, 0.25) is 5.82 Å². The fourth-order valence-corrected chi connectivity index (χ4v) is 2.50. The van der Waals surface area contributed by atoms with Crippen LogP contribution >= 0.6 is 12.4 Å². The molecule has 120 valence electrons. The average Bonchev–Trinajstić information content (AvgIpc) is 3.04. The van der Waals surface area contributed by atoms with E-state index < -0.39 is 5.60 Å². The minimum absolute atomic E-state index is 0. The van der Waals surface area contributed by atoms with Crippen molar-refractivity contribution in [1.82, 2.24) is 15.5 Å². The van der Waals surface area contributed by atoms with Gasteiger partial charge in [0.1, 0.15) is 11.4 Å². The first kappa shape index (κ1) is 16.7. The van der Waals surface area contributed by atoms with E-state index in [9.17, 15) is 0 Å². The van der Waals surface area contributed by atoms with E-state index in [-0.39, 0.29) is 19.0 Å². The highest BCUT2D eigenvalue weighted by molar-refractivity contribution is 5.85. The van der Waals surface area contributed by atoms with Crippen molar-refractivity contribution in [3.63, 3.8) is 0 Å². The summed E-state index contributed by atoms with van der Waals surface area (Å²) in [5.41, 5.74) is -0.469. The molecule has 0 radical (unpaired) electrons. The number of hydrogen-bond donors (Lipinski definition) is 1. The number of aromatic nitrogens is 2. The van der Waals surface area contributed by atoms with Gasteiger partial charge in [0.05, 0.1) is 0 Å². The van der Waals surface area contributed by atoms with Crippen molar-refractivity contribution in [1.29, 1.82) is 0 Å². The Bertz CT molecular complexity index is 570. The van der Waals surface area contributed by atoms with E-state index in [4.69, 9.17) is 14.0 Å². The normalized spacial score (nSPS) is 16.8. The predicted molar refractivity (Wildman–Crippen MR) is 83.1 cm³/mol. The second kappa shape index (κ2) is 7.58. The van der Waals surface area contributed by atoms with Gasteiger partial charge in [-0.15, -0.1) is 12.4 Å². The first-order valence-electron chi connectivity index (χ1n) is 7.09. The molecule has 1 aromatic carbocycles. The Morgan fingerprint density at radius 1 is 1.23 bits per heavy atom. The Balaban J connectivity index is 0.00000176. The van der Waals surface area contributed by atoms with E-state index in [0.717, 1.165) is 31.7 Å². The number of para-hydroxylation sites is 1. The number of nitrogens with zero attached hydrogens (tertiary/aromatic N) is 2. The minimum Gasteiger partial charge on any atom is -0.485 e. The molecule has 7 heteroatoms. The maximum Gasteiger partial charge on any atom is 0.259 e. The van der Waals surface area contributed by atoms with E-state index in [1.54, 1.807) is 7.11 Å². The molecule has 22 heavy (non-hydrogen) atoms. The zero-order valence-corrected chi connectivity index (χ0v) is 13.3. The molecule has 6 nitrogen and oxygen atoms in total. The van der Waals surface area contributed by atoms with Crippen molar-refractivity contribution in [2.75, 3.05) is 20.2 Å². The van der Waals surface area contributed by atoms with Crippen LogP contribution in [0.1, 0.15) is 24.6 Å². The molecule has 1 N–H and O–H groups in total. The molecule has 2 aromatic rings. The van der Waals surface area contributed by atoms with Crippen molar-refractivity contribution in [3.8, 4) is 5.75 Å². The zero-order valence-electron chi connectivity index (χ0n) is 12.4. The molecule has 1 aliphatic heterocycles.